The van der Waals surface area contributed by atoms with Gasteiger partial charge in [-0.2, -0.15) is 0 Å². The zero-order valence-corrected chi connectivity index (χ0v) is 13.4. The summed E-state index contributed by atoms with van der Waals surface area (Å²) < 4.78 is 5.72. The van der Waals surface area contributed by atoms with Gasteiger partial charge >= 0.3 is 0 Å². The van der Waals surface area contributed by atoms with Gasteiger partial charge in [-0.05, 0) is 24.5 Å². The van der Waals surface area contributed by atoms with Gasteiger partial charge in [-0.15, -0.1) is 0 Å². The number of para-hydroxylation sites is 1. The molecule has 0 fully saturated rings. The maximum Gasteiger partial charge on any atom is 0.193 e. The van der Waals surface area contributed by atoms with Crippen molar-refractivity contribution in [2.75, 3.05) is 33.8 Å². The number of nitrogens with one attached hydrogen (secondary N) is 1. The Kier molecular flexibility index (Phi) is 5.90. The van der Waals surface area contributed by atoms with Gasteiger partial charge in [0.25, 0.3) is 0 Å². The van der Waals surface area contributed by atoms with Gasteiger partial charge in [0.2, 0.25) is 0 Å². The van der Waals surface area contributed by atoms with Crippen molar-refractivity contribution in [3.8, 4) is 5.75 Å². The number of unbranched alkanes of at least 4 members (excludes halogenated alkanes) is 1. The molecule has 0 aromatic heterocycles. The average Bonchev–Trinajstić information content (AvgIpc) is 2.53. The van der Waals surface area contributed by atoms with E-state index in [-0.39, 0.29) is 0 Å². The first-order valence-electron chi connectivity index (χ1n) is 7.89. The van der Waals surface area contributed by atoms with Crippen molar-refractivity contribution in [1.29, 1.82) is 0 Å². The Labute approximate surface area is 128 Å². The Morgan fingerprint density at radius 2 is 2.24 bits per heavy atom. The number of rotatable bonds is 5. The standard InChI is InChI=1S/C17H27N3O/c1-4-5-11-20(3)17(18-2)19-13-14-10-12-21-16-9-7-6-8-15(14)16/h6-9,14H,4-5,10-13H2,1-3H3,(H,18,19). The number of hydrogen-bond donors (Lipinski definition) is 1. The molecule has 116 valence electrons. The molecule has 2 rings (SSSR count). The number of ether oxygens (including phenoxy) is 1. The zero-order valence-electron chi connectivity index (χ0n) is 13.4. The highest BCUT2D eigenvalue weighted by Crippen LogP contribution is 2.32. The van der Waals surface area contributed by atoms with Gasteiger partial charge in [0.1, 0.15) is 5.75 Å². The molecule has 21 heavy (non-hydrogen) atoms. The Balaban J connectivity index is 1.93. The predicted octanol–water partition coefficient (Wildman–Crippen LogP) is 2.86. The van der Waals surface area contributed by atoms with Crippen LogP contribution in [0, 0.1) is 0 Å². The summed E-state index contributed by atoms with van der Waals surface area (Å²) in [5.41, 5.74) is 1.31. The summed E-state index contributed by atoms with van der Waals surface area (Å²) in [6.07, 6.45) is 3.45. The van der Waals surface area contributed by atoms with E-state index in [0.717, 1.165) is 37.8 Å². The van der Waals surface area contributed by atoms with E-state index < -0.39 is 0 Å². The summed E-state index contributed by atoms with van der Waals surface area (Å²) in [6.45, 7) is 4.96. The van der Waals surface area contributed by atoms with Gasteiger partial charge < -0.3 is 15.0 Å². The molecule has 0 radical (unpaired) electrons. The van der Waals surface area contributed by atoms with Gasteiger partial charge in [-0.3, -0.25) is 4.99 Å². The lowest BCUT2D eigenvalue weighted by Gasteiger charge is -2.28. The number of guanidine groups is 1. The van der Waals surface area contributed by atoms with Crippen molar-refractivity contribution in [1.82, 2.24) is 10.2 Å². The number of hydrogen-bond acceptors (Lipinski definition) is 2. The lowest BCUT2D eigenvalue weighted by Crippen LogP contribution is -2.41. The van der Waals surface area contributed by atoms with Gasteiger partial charge in [0, 0.05) is 33.1 Å². The third-order valence-electron chi connectivity index (χ3n) is 4.01. The number of nitrogens with zero attached hydrogens (tertiary/aromatic N) is 2. The van der Waals surface area contributed by atoms with Crippen LogP contribution in [0.4, 0.5) is 0 Å². The van der Waals surface area contributed by atoms with Gasteiger partial charge in [0.15, 0.2) is 5.96 Å². The molecule has 0 aliphatic carbocycles. The van der Waals surface area contributed by atoms with Crippen LogP contribution in [-0.4, -0.2) is 44.7 Å². The first-order valence-corrected chi connectivity index (χ1v) is 7.89. The molecule has 1 atom stereocenters. The number of benzene rings is 1. The monoisotopic (exact) mass is 289 g/mol. The molecule has 1 aromatic rings. The molecule has 0 amide bonds. The summed E-state index contributed by atoms with van der Waals surface area (Å²) in [5, 5.41) is 3.51. The van der Waals surface area contributed by atoms with Crippen molar-refractivity contribution < 1.29 is 4.74 Å². The summed E-state index contributed by atoms with van der Waals surface area (Å²) in [6, 6.07) is 8.35. The van der Waals surface area contributed by atoms with E-state index in [1.807, 2.05) is 13.1 Å². The molecule has 0 saturated heterocycles. The molecule has 1 unspecified atom stereocenters. The zero-order chi connectivity index (χ0) is 15.1. The maximum atomic E-state index is 5.72. The third-order valence-corrected chi connectivity index (χ3v) is 4.01. The first kappa shape index (κ1) is 15.7. The highest BCUT2D eigenvalue weighted by atomic mass is 16.5. The van der Waals surface area contributed by atoms with E-state index in [2.05, 4.69) is 47.4 Å². The normalized spacial score (nSPS) is 17.9. The molecule has 0 saturated carbocycles. The second kappa shape index (κ2) is 7.91. The summed E-state index contributed by atoms with van der Waals surface area (Å²) in [4.78, 5) is 6.58. The Morgan fingerprint density at radius 1 is 1.43 bits per heavy atom. The van der Waals surface area contributed by atoms with E-state index in [9.17, 15) is 0 Å². The molecule has 4 heteroatoms. The van der Waals surface area contributed by atoms with Crippen LogP contribution in [0.15, 0.2) is 29.3 Å². The summed E-state index contributed by atoms with van der Waals surface area (Å²) in [7, 11) is 3.95. The van der Waals surface area contributed by atoms with Crippen LogP contribution in [0.5, 0.6) is 5.75 Å². The molecule has 0 spiro atoms. The second-order valence-corrected chi connectivity index (χ2v) is 5.58. The lowest BCUT2D eigenvalue weighted by atomic mass is 9.93. The van der Waals surface area contributed by atoms with Crippen LogP contribution in [0.3, 0.4) is 0 Å². The minimum absolute atomic E-state index is 0.492. The fourth-order valence-corrected chi connectivity index (χ4v) is 2.73. The van der Waals surface area contributed by atoms with E-state index in [4.69, 9.17) is 4.74 Å². The van der Waals surface area contributed by atoms with E-state index in [1.54, 1.807) is 0 Å². The van der Waals surface area contributed by atoms with Crippen molar-refractivity contribution in [3.05, 3.63) is 29.8 Å². The molecule has 1 aliphatic rings. The molecule has 1 heterocycles. The highest BCUT2D eigenvalue weighted by Gasteiger charge is 2.21. The molecular formula is C17H27N3O. The average molecular weight is 289 g/mol. The Morgan fingerprint density at radius 3 is 3.00 bits per heavy atom. The van der Waals surface area contributed by atoms with Crippen molar-refractivity contribution in [2.45, 2.75) is 32.1 Å². The second-order valence-electron chi connectivity index (χ2n) is 5.58. The van der Waals surface area contributed by atoms with Gasteiger partial charge in [-0.1, -0.05) is 31.5 Å². The molecule has 1 aliphatic heterocycles. The van der Waals surface area contributed by atoms with Crippen molar-refractivity contribution in [2.24, 2.45) is 4.99 Å². The number of aliphatic imine (C=N–C) groups is 1. The van der Waals surface area contributed by atoms with Crippen molar-refractivity contribution in [3.63, 3.8) is 0 Å². The predicted molar refractivity (Wildman–Crippen MR) is 88.2 cm³/mol. The fraction of sp³-hybridized carbons (Fsp3) is 0.588. The maximum absolute atomic E-state index is 5.72. The minimum Gasteiger partial charge on any atom is -0.493 e. The summed E-state index contributed by atoms with van der Waals surface area (Å²) >= 11 is 0. The highest BCUT2D eigenvalue weighted by molar-refractivity contribution is 5.79. The fourth-order valence-electron chi connectivity index (χ4n) is 2.73. The Hall–Kier alpha value is -1.71. The molecular weight excluding hydrogens is 262 g/mol. The number of fused-ring (bicyclic) bond motifs is 1. The first-order chi connectivity index (χ1) is 10.3. The molecule has 4 nitrogen and oxygen atoms in total. The smallest absolute Gasteiger partial charge is 0.193 e. The van der Waals surface area contributed by atoms with Crippen LogP contribution in [0.2, 0.25) is 0 Å². The van der Waals surface area contributed by atoms with E-state index >= 15 is 0 Å². The molecule has 1 aromatic carbocycles. The van der Waals surface area contributed by atoms with E-state index in [0.29, 0.717) is 5.92 Å². The van der Waals surface area contributed by atoms with Crippen LogP contribution < -0.4 is 10.1 Å². The SMILES string of the molecule is CCCCN(C)C(=NC)NCC1CCOc2ccccc21. The topological polar surface area (TPSA) is 36.9 Å². The van der Waals surface area contributed by atoms with E-state index in [1.165, 1.54) is 18.4 Å². The van der Waals surface area contributed by atoms with Crippen molar-refractivity contribution >= 4 is 5.96 Å². The van der Waals surface area contributed by atoms with Crippen LogP contribution in [0.1, 0.15) is 37.7 Å². The van der Waals surface area contributed by atoms with Crippen LogP contribution >= 0.6 is 0 Å². The van der Waals surface area contributed by atoms with Crippen LogP contribution in [0.25, 0.3) is 0 Å². The molecule has 0 bridgehead atoms. The quantitative estimate of drug-likeness (QED) is 0.669. The van der Waals surface area contributed by atoms with Crippen LogP contribution in [-0.2, 0) is 0 Å². The third kappa shape index (κ3) is 4.13. The largest absolute Gasteiger partial charge is 0.493 e. The Bertz CT molecular complexity index is 473. The van der Waals surface area contributed by atoms with Gasteiger partial charge in [0.05, 0.1) is 6.61 Å². The molecule has 1 N–H and O–H groups in total. The minimum atomic E-state index is 0.492. The summed E-state index contributed by atoms with van der Waals surface area (Å²) in [5.74, 6) is 2.50. The van der Waals surface area contributed by atoms with Gasteiger partial charge in [-0.25, -0.2) is 0 Å². The lowest BCUT2D eigenvalue weighted by molar-refractivity contribution is 0.266.